The van der Waals surface area contributed by atoms with Crippen LogP contribution in [0.2, 0.25) is 0 Å². The van der Waals surface area contributed by atoms with Crippen LogP contribution in [0.5, 0.6) is 23.0 Å². The molecule has 6 aromatic carbocycles. The third-order valence-corrected chi connectivity index (χ3v) is 6.69. The molecule has 6 aromatic rings. The fraction of sp³-hybridized carbons (Fsp3) is 0. The van der Waals surface area contributed by atoms with Gasteiger partial charge < -0.3 is 19.7 Å². The molecule has 6 rings (SSSR count). The fourth-order valence-corrected chi connectivity index (χ4v) is 4.77. The molecule has 0 unspecified atom stereocenters. The molecule has 2 N–H and O–H groups in total. The van der Waals surface area contributed by atoms with Crippen molar-refractivity contribution < 1.29 is 29.3 Å². The quantitative estimate of drug-likeness (QED) is 0.216. The molecule has 0 bridgehead atoms. The standard InChI is InChI=1S/C34H22O6/c35-33(36)23-9-15-25(16-10-23)39-29-19-13-21-5-1-3-7-27(21)31(29)32-28-8-4-2-6-22(28)14-20-30(32)40-26-17-11-24(12-18-26)34(37)38/h1-20H,(H,35,36)(H,37,38). The van der Waals surface area contributed by atoms with E-state index in [0.717, 1.165) is 32.7 Å². The Balaban J connectivity index is 1.56. The van der Waals surface area contributed by atoms with Crippen molar-refractivity contribution in [1.82, 2.24) is 0 Å². The van der Waals surface area contributed by atoms with E-state index in [2.05, 4.69) is 0 Å². The van der Waals surface area contributed by atoms with Crippen LogP contribution >= 0.6 is 0 Å². The van der Waals surface area contributed by atoms with Gasteiger partial charge in [-0.1, -0.05) is 60.7 Å². The van der Waals surface area contributed by atoms with E-state index in [1.54, 1.807) is 24.3 Å². The molecule has 0 aliphatic heterocycles. The van der Waals surface area contributed by atoms with Crippen molar-refractivity contribution in [3.63, 3.8) is 0 Å². The Morgan fingerprint density at radius 1 is 0.450 bits per heavy atom. The van der Waals surface area contributed by atoms with E-state index in [-0.39, 0.29) is 11.1 Å². The van der Waals surface area contributed by atoms with E-state index in [9.17, 15) is 19.8 Å². The lowest BCUT2D eigenvalue weighted by Gasteiger charge is -2.19. The zero-order valence-corrected chi connectivity index (χ0v) is 21.1. The number of benzene rings is 6. The number of fused-ring (bicyclic) bond motifs is 2. The van der Waals surface area contributed by atoms with E-state index in [4.69, 9.17) is 9.47 Å². The molecule has 0 aliphatic rings. The summed E-state index contributed by atoms with van der Waals surface area (Å²) in [6.45, 7) is 0. The van der Waals surface area contributed by atoms with Crippen molar-refractivity contribution in [2.24, 2.45) is 0 Å². The molecular formula is C34H22O6. The lowest BCUT2D eigenvalue weighted by atomic mass is 9.92. The van der Waals surface area contributed by atoms with Crippen molar-refractivity contribution in [1.29, 1.82) is 0 Å². The molecule has 0 saturated carbocycles. The number of rotatable bonds is 7. The van der Waals surface area contributed by atoms with Crippen LogP contribution in [0.1, 0.15) is 20.7 Å². The van der Waals surface area contributed by atoms with Gasteiger partial charge in [0.1, 0.15) is 23.0 Å². The van der Waals surface area contributed by atoms with Crippen LogP contribution in [0, 0.1) is 0 Å². The SMILES string of the molecule is O=C(O)c1ccc(Oc2ccc3ccccc3c2-c2c(Oc3ccc(C(=O)O)cc3)ccc3ccccc23)cc1. The van der Waals surface area contributed by atoms with E-state index in [1.165, 1.54) is 24.3 Å². The number of carboxylic acid groups (broad SMARTS) is 2. The molecule has 0 heterocycles. The number of ether oxygens (including phenoxy) is 2. The van der Waals surface area contributed by atoms with Gasteiger partial charge in [0.2, 0.25) is 0 Å². The van der Waals surface area contributed by atoms with Gasteiger partial charge in [0.15, 0.2) is 0 Å². The third-order valence-electron chi connectivity index (χ3n) is 6.69. The molecule has 0 saturated heterocycles. The van der Waals surface area contributed by atoms with E-state index >= 15 is 0 Å². The van der Waals surface area contributed by atoms with E-state index < -0.39 is 11.9 Å². The molecule has 0 amide bonds. The van der Waals surface area contributed by atoms with Gasteiger partial charge in [-0.25, -0.2) is 9.59 Å². The number of carboxylic acids is 2. The maximum absolute atomic E-state index is 11.3. The molecule has 6 nitrogen and oxygen atoms in total. The van der Waals surface area contributed by atoms with E-state index in [1.807, 2.05) is 72.8 Å². The Bertz CT molecular complexity index is 1750. The zero-order valence-electron chi connectivity index (χ0n) is 21.1. The summed E-state index contributed by atoms with van der Waals surface area (Å²) in [7, 11) is 0. The van der Waals surface area contributed by atoms with Gasteiger partial charge in [-0.3, -0.25) is 0 Å². The molecular weight excluding hydrogens is 504 g/mol. The highest BCUT2D eigenvalue weighted by Gasteiger charge is 2.20. The highest BCUT2D eigenvalue weighted by atomic mass is 16.5. The van der Waals surface area contributed by atoms with Crippen molar-refractivity contribution in [3.8, 4) is 34.1 Å². The first-order chi connectivity index (χ1) is 19.5. The van der Waals surface area contributed by atoms with Crippen LogP contribution in [-0.4, -0.2) is 22.2 Å². The molecule has 0 aliphatic carbocycles. The topological polar surface area (TPSA) is 93.1 Å². The summed E-state index contributed by atoms with van der Waals surface area (Å²) in [5.41, 5.74) is 1.97. The van der Waals surface area contributed by atoms with Gasteiger partial charge in [0.25, 0.3) is 0 Å². The summed E-state index contributed by atoms with van der Waals surface area (Å²) in [6, 6.07) is 36.3. The summed E-state index contributed by atoms with van der Waals surface area (Å²) in [4.78, 5) is 22.7. The monoisotopic (exact) mass is 526 g/mol. The predicted molar refractivity (Wildman–Crippen MR) is 154 cm³/mol. The molecule has 40 heavy (non-hydrogen) atoms. The summed E-state index contributed by atoms with van der Waals surface area (Å²) in [6.07, 6.45) is 0. The molecule has 0 radical (unpaired) electrons. The van der Waals surface area contributed by atoms with Crippen molar-refractivity contribution in [3.05, 3.63) is 132 Å². The Labute approximate surface area is 229 Å². The largest absolute Gasteiger partial charge is 0.478 e. The second-order valence-electron chi connectivity index (χ2n) is 9.18. The number of carbonyl (C=O) groups is 2. The maximum atomic E-state index is 11.3. The predicted octanol–water partition coefficient (Wildman–Crippen LogP) is 8.64. The van der Waals surface area contributed by atoms with Crippen LogP contribution in [-0.2, 0) is 0 Å². The molecule has 0 fully saturated rings. The minimum Gasteiger partial charge on any atom is -0.478 e. The normalized spacial score (nSPS) is 10.9. The van der Waals surface area contributed by atoms with Crippen LogP contribution in [0.15, 0.2) is 121 Å². The molecule has 194 valence electrons. The second kappa shape index (κ2) is 10.3. The summed E-state index contributed by atoms with van der Waals surface area (Å²) in [5, 5.41) is 22.5. The maximum Gasteiger partial charge on any atom is 0.335 e. The van der Waals surface area contributed by atoms with Gasteiger partial charge in [-0.2, -0.15) is 0 Å². The molecule has 0 spiro atoms. The lowest BCUT2D eigenvalue weighted by Crippen LogP contribution is -1.97. The van der Waals surface area contributed by atoms with Crippen LogP contribution in [0.3, 0.4) is 0 Å². The molecule has 6 heteroatoms. The van der Waals surface area contributed by atoms with Crippen LogP contribution in [0.25, 0.3) is 32.7 Å². The Morgan fingerprint density at radius 3 is 1.20 bits per heavy atom. The first-order valence-electron chi connectivity index (χ1n) is 12.5. The lowest BCUT2D eigenvalue weighted by molar-refractivity contribution is 0.0686. The minimum absolute atomic E-state index is 0.171. The Hall–Kier alpha value is -5.62. The summed E-state index contributed by atoms with van der Waals surface area (Å²) < 4.78 is 12.8. The van der Waals surface area contributed by atoms with Crippen molar-refractivity contribution in [2.75, 3.05) is 0 Å². The highest BCUT2D eigenvalue weighted by Crippen LogP contribution is 2.47. The second-order valence-corrected chi connectivity index (χ2v) is 9.18. The van der Waals surface area contributed by atoms with Gasteiger partial charge in [0, 0.05) is 11.1 Å². The highest BCUT2D eigenvalue weighted by molar-refractivity contribution is 6.10. The zero-order chi connectivity index (χ0) is 27.6. The van der Waals surface area contributed by atoms with Crippen molar-refractivity contribution >= 4 is 33.5 Å². The minimum atomic E-state index is -1.01. The third kappa shape index (κ3) is 4.70. The van der Waals surface area contributed by atoms with Gasteiger partial charge in [-0.05, 0) is 82.2 Å². The average molecular weight is 527 g/mol. The smallest absolute Gasteiger partial charge is 0.335 e. The first-order valence-corrected chi connectivity index (χ1v) is 12.5. The molecule has 0 atom stereocenters. The van der Waals surface area contributed by atoms with E-state index in [0.29, 0.717) is 23.0 Å². The average Bonchev–Trinajstić information content (AvgIpc) is 2.98. The summed E-state index contributed by atoms with van der Waals surface area (Å²) in [5.74, 6) is 0.120. The number of aromatic carboxylic acids is 2. The molecule has 0 aromatic heterocycles. The Kier molecular flexibility index (Phi) is 6.34. The number of hydrogen-bond donors (Lipinski definition) is 2. The van der Waals surface area contributed by atoms with Gasteiger partial charge in [-0.15, -0.1) is 0 Å². The fourth-order valence-electron chi connectivity index (χ4n) is 4.77. The van der Waals surface area contributed by atoms with Crippen LogP contribution in [0.4, 0.5) is 0 Å². The van der Waals surface area contributed by atoms with Crippen LogP contribution < -0.4 is 9.47 Å². The van der Waals surface area contributed by atoms with Gasteiger partial charge in [0.05, 0.1) is 11.1 Å². The Morgan fingerprint density at radius 2 is 0.825 bits per heavy atom. The first kappa shape index (κ1) is 24.7. The van der Waals surface area contributed by atoms with Crippen molar-refractivity contribution in [2.45, 2.75) is 0 Å². The number of hydrogen-bond acceptors (Lipinski definition) is 4. The van der Waals surface area contributed by atoms with Gasteiger partial charge >= 0.3 is 11.9 Å². The summed E-state index contributed by atoms with van der Waals surface area (Å²) >= 11 is 0.